The second-order valence-corrected chi connectivity index (χ2v) is 7.23. The summed E-state index contributed by atoms with van der Waals surface area (Å²) < 4.78 is 0. The number of aromatic nitrogens is 1. The molecule has 1 heterocycles. The lowest BCUT2D eigenvalue weighted by molar-refractivity contribution is -0.378. The highest BCUT2D eigenvalue weighted by molar-refractivity contribution is 5.99. The zero-order chi connectivity index (χ0) is 15.3. The number of carbonyl (C=O) groups is 2. The van der Waals surface area contributed by atoms with Gasteiger partial charge in [0.1, 0.15) is 5.78 Å². The Kier molecular flexibility index (Phi) is 2.98. The second kappa shape index (κ2) is 4.39. The number of carbonyl (C=O) groups excluding carboxylic acids is 2. The predicted octanol–water partition coefficient (Wildman–Crippen LogP) is 1.90. The molecule has 0 aromatic carbocycles. The highest BCUT2D eigenvalue weighted by Gasteiger charge is 2.72. The standard InChI is InChI=1S/C17H22N2O2/c1-15(2)16(3)6-7-17(15,9-13(16)20)14(21)19-11-12-5-4-8-18-10-12/h4-5,8,10H,6-7,9,11H2,1-3H3,(H,19,21)/p+1. The van der Waals surface area contributed by atoms with Gasteiger partial charge in [-0.1, -0.05) is 20.8 Å². The zero-order valence-corrected chi connectivity index (χ0v) is 13.0. The van der Waals surface area contributed by atoms with Crippen LogP contribution in [0.3, 0.4) is 0 Å². The Hall–Kier alpha value is -1.71. The summed E-state index contributed by atoms with van der Waals surface area (Å²) in [6.07, 6.45) is 5.75. The average Bonchev–Trinajstić information content (AvgIpc) is 2.76. The van der Waals surface area contributed by atoms with Crippen molar-refractivity contribution in [1.29, 1.82) is 0 Å². The van der Waals surface area contributed by atoms with Gasteiger partial charge in [0.2, 0.25) is 5.91 Å². The molecular weight excluding hydrogens is 264 g/mol. The van der Waals surface area contributed by atoms with Crippen LogP contribution in [0.5, 0.6) is 0 Å². The summed E-state index contributed by atoms with van der Waals surface area (Å²) in [5.41, 5.74) is -0.114. The molecule has 2 N–H and O–H groups in total. The molecule has 1 amide bonds. The third kappa shape index (κ3) is 1.71. The number of amides is 1. The molecule has 1 aromatic heterocycles. The molecule has 4 nitrogen and oxygen atoms in total. The third-order valence-electron chi connectivity index (χ3n) is 6.36. The number of H-pyrrole nitrogens is 1. The van der Waals surface area contributed by atoms with E-state index >= 15 is 0 Å². The number of pyridine rings is 1. The first-order valence-electron chi connectivity index (χ1n) is 7.60. The molecule has 2 aliphatic carbocycles. The van der Waals surface area contributed by atoms with Crippen LogP contribution in [0.25, 0.3) is 0 Å². The minimum absolute atomic E-state index is 0.0333. The maximum absolute atomic E-state index is 12.8. The molecule has 112 valence electrons. The van der Waals surface area contributed by atoms with E-state index in [-0.39, 0.29) is 22.5 Å². The van der Waals surface area contributed by atoms with Crippen LogP contribution in [0, 0.1) is 16.2 Å². The third-order valence-corrected chi connectivity index (χ3v) is 6.36. The van der Waals surface area contributed by atoms with E-state index in [1.807, 2.05) is 31.5 Å². The lowest BCUT2D eigenvalue weighted by Gasteiger charge is -2.38. The van der Waals surface area contributed by atoms with Crippen LogP contribution in [0.1, 0.15) is 45.6 Å². The van der Waals surface area contributed by atoms with Crippen molar-refractivity contribution >= 4 is 11.7 Å². The minimum Gasteiger partial charge on any atom is -0.351 e. The van der Waals surface area contributed by atoms with Gasteiger partial charge >= 0.3 is 0 Å². The lowest BCUT2D eigenvalue weighted by Crippen LogP contribution is -2.46. The normalized spacial score (nSPS) is 33.2. The Labute approximate surface area is 125 Å². The van der Waals surface area contributed by atoms with Gasteiger partial charge in [0.05, 0.1) is 5.41 Å². The van der Waals surface area contributed by atoms with Gasteiger partial charge in [-0.25, -0.2) is 4.98 Å². The van der Waals surface area contributed by atoms with E-state index in [0.717, 1.165) is 18.4 Å². The average molecular weight is 287 g/mol. The molecule has 0 spiro atoms. The number of aromatic amines is 1. The van der Waals surface area contributed by atoms with Crippen molar-refractivity contribution in [3.63, 3.8) is 0 Å². The van der Waals surface area contributed by atoms with E-state index in [2.05, 4.69) is 24.1 Å². The Morgan fingerprint density at radius 2 is 2.10 bits per heavy atom. The Morgan fingerprint density at radius 3 is 2.62 bits per heavy atom. The van der Waals surface area contributed by atoms with Crippen molar-refractivity contribution < 1.29 is 14.6 Å². The summed E-state index contributed by atoms with van der Waals surface area (Å²) in [4.78, 5) is 28.2. The smallest absolute Gasteiger partial charge is 0.227 e. The van der Waals surface area contributed by atoms with Crippen LogP contribution in [-0.4, -0.2) is 11.7 Å². The lowest BCUT2D eigenvalue weighted by atomic mass is 9.64. The number of fused-ring (bicyclic) bond motifs is 2. The fourth-order valence-corrected chi connectivity index (χ4v) is 4.25. The second-order valence-electron chi connectivity index (χ2n) is 7.23. The van der Waals surface area contributed by atoms with Crippen molar-refractivity contribution in [1.82, 2.24) is 5.32 Å². The van der Waals surface area contributed by atoms with Crippen LogP contribution in [-0.2, 0) is 16.1 Å². The molecule has 2 aliphatic rings. The fourth-order valence-electron chi connectivity index (χ4n) is 4.25. The largest absolute Gasteiger partial charge is 0.351 e. The quantitative estimate of drug-likeness (QED) is 0.923. The van der Waals surface area contributed by atoms with Gasteiger partial charge in [-0.05, 0) is 24.3 Å². The molecule has 3 rings (SSSR count). The Morgan fingerprint density at radius 1 is 1.33 bits per heavy atom. The van der Waals surface area contributed by atoms with Crippen molar-refractivity contribution in [3.8, 4) is 0 Å². The first kappa shape index (κ1) is 14.2. The van der Waals surface area contributed by atoms with Gasteiger partial charge in [0.25, 0.3) is 0 Å². The Balaban J connectivity index is 1.80. The zero-order valence-electron chi connectivity index (χ0n) is 13.0. The summed E-state index contributed by atoms with van der Waals surface area (Å²) >= 11 is 0. The van der Waals surface area contributed by atoms with Gasteiger partial charge in [-0.15, -0.1) is 0 Å². The molecule has 0 saturated heterocycles. The highest BCUT2D eigenvalue weighted by Crippen LogP contribution is 2.70. The molecule has 21 heavy (non-hydrogen) atoms. The molecular formula is C17H23N2O2+. The molecule has 1 aromatic rings. The molecule has 2 saturated carbocycles. The predicted molar refractivity (Wildman–Crippen MR) is 78.0 cm³/mol. The van der Waals surface area contributed by atoms with Crippen LogP contribution >= 0.6 is 0 Å². The van der Waals surface area contributed by atoms with Crippen molar-refractivity contribution in [3.05, 3.63) is 30.1 Å². The molecule has 4 heteroatoms. The van der Waals surface area contributed by atoms with Gasteiger partial charge in [-0.3, -0.25) is 9.59 Å². The number of Topliss-reactive ketones (excluding diaryl/α,β-unsaturated/α-hetero) is 1. The monoisotopic (exact) mass is 287 g/mol. The van der Waals surface area contributed by atoms with E-state index in [0.29, 0.717) is 13.0 Å². The minimum atomic E-state index is -0.530. The van der Waals surface area contributed by atoms with E-state index < -0.39 is 5.41 Å². The van der Waals surface area contributed by atoms with Crippen molar-refractivity contribution in [2.45, 2.75) is 46.6 Å². The van der Waals surface area contributed by atoms with E-state index in [1.165, 1.54) is 0 Å². The van der Waals surface area contributed by atoms with Crippen LogP contribution in [0.15, 0.2) is 24.5 Å². The molecule has 0 radical (unpaired) electrons. The van der Waals surface area contributed by atoms with E-state index in [1.54, 1.807) is 0 Å². The fraction of sp³-hybridized carbons (Fsp3) is 0.588. The van der Waals surface area contributed by atoms with Gasteiger partial charge in [-0.2, -0.15) is 0 Å². The van der Waals surface area contributed by atoms with Crippen LogP contribution < -0.4 is 10.3 Å². The molecule has 0 aliphatic heterocycles. The van der Waals surface area contributed by atoms with Gasteiger partial charge < -0.3 is 5.32 Å². The number of ketones is 1. The first-order valence-corrected chi connectivity index (χ1v) is 7.60. The molecule has 2 bridgehead atoms. The Bertz CT molecular complexity index is 596. The summed E-state index contributed by atoms with van der Waals surface area (Å²) in [6, 6.07) is 3.88. The summed E-state index contributed by atoms with van der Waals surface area (Å²) in [5.74, 6) is 0.285. The van der Waals surface area contributed by atoms with Crippen molar-refractivity contribution in [2.75, 3.05) is 0 Å². The molecule has 2 atom stereocenters. The highest BCUT2D eigenvalue weighted by atomic mass is 16.2. The van der Waals surface area contributed by atoms with Gasteiger partial charge in [0, 0.05) is 30.0 Å². The molecule has 2 unspecified atom stereocenters. The first-order chi connectivity index (χ1) is 9.83. The van der Waals surface area contributed by atoms with Crippen LogP contribution in [0.2, 0.25) is 0 Å². The summed E-state index contributed by atoms with van der Waals surface area (Å²) in [5, 5.41) is 3.04. The molecule has 2 fully saturated rings. The van der Waals surface area contributed by atoms with E-state index in [4.69, 9.17) is 0 Å². The number of nitrogens with one attached hydrogen (secondary N) is 2. The maximum Gasteiger partial charge on any atom is 0.227 e. The maximum atomic E-state index is 12.8. The number of hydrogen-bond acceptors (Lipinski definition) is 2. The summed E-state index contributed by atoms with van der Waals surface area (Å²) in [7, 11) is 0. The van der Waals surface area contributed by atoms with Crippen LogP contribution in [0.4, 0.5) is 0 Å². The summed E-state index contributed by atoms with van der Waals surface area (Å²) in [6.45, 7) is 6.70. The topological polar surface area (TPSA) is 60.3 Å². The van der Waals surface area contributed by atoms with Crippen molar-refractivity contribution in [2.24, 2.45) is 16.2 Å². The SMILES string of the molecule is CC12CCC(C(=O)NCc3ccc[nH+]c3)(CC1=O)C2(C)C. The van der Waals surface area contributed by atoms with E-state index in [9.17, 15) is 9.59 Å². The number of hydrogen-bond donors (Lipinski definition) is 1. The number of rotatable bonds is 3. The van der Waals surface area contributed by atoms with Gasteiger partial charge in [0.15, 0.2) is 12.4 Å².